The van der Waals surface area contributed by atoms with Gasteiger partial charge in [-0.25, -0.2) is 9.37 Å². The maximum atomic E-state index is 14.6. The Bertz CT molecular complexity index is 1030. The highest BCUT2D eigenvalue weighted by Gasteiger charge is 2.28. The van der Waals surface area contributed by atoms with Crippen molar-refractivity contribution in [2.75, 3.05) is 14.2 Å². The van der Waals surface area contributed by atoms with E-state index in [1.807, 2.05) is 45.0 Å². The summed E-state index contributed by atoms with van der Waals surface area (Å²) in [5, 5.41) is 11.0. The van der Waals surface area contributed by atoms with Gasteiger partial charge in [0, 0.05) is 11.6 Å². The molecule has 0 spiro atoms. The Morgan fingerprint density at radius 1 is 0.935 bits per heavy atom. The number of hydrogen-bond acceptors (Lipinski definition) is 5. The zero-order chi connectivity index (χ0) is 22.6. The van der Waals surface area contributed by atoms with E-state index in [1.54, 1.807) is 25.3 Å². The van der Waals surface area contributed by atoms with E-state index in [1.165, 1.54) is 13.2 Å². The van der Waals surface area contributed by atoms with Crippen molar-refractivity contribution < 1.29 is 23.7 Å². The molecule has 0 aliphatic carbocycles. The lowest BCUT2D eigenvalue weighted by atomic mass is 9.82. The van der Waals surface area contributed by atoms with E-state index in [4.69, 9.17) is 14.2 Å². The van der Waals surface area contributed by atoms with E-state index in [0.29, 0.717) is 34.9 Å². The Morgan fingerprint density at radius 3 is 2.23 bits per heavy atom. The standard InChI is InChI=1S/C25H28FNO4/c1-25(2,3)24(28)21-12-18(31-15-16-6-8-17(29-4)9-7-16)10-11-19(21)20-13-23(30-5)27-14-22(20)26/h6-14,24,28H,15H2,1-5H3. The van der Waals surface area contributed by atoms with E-state index in [-0.39, 0.29) is 0 Å². The van der Waals surface area contributed by atoms with Crippen LogP contribution in [0.2, 0.25) is 0 Å². The minimum Gasteiger partial charge on any atom is -0.497 e. The molecule has 1 N–H and O–H groups in total. The summed E-state index contributed by atoms with van der Waals surface area (Å²) < 4.78 is 30.9. The number of halogens is 1. The predicted molar refractivity (Wildman–Crippen MR) is 118 cm³/mol. The highest BCUT2D eigenvalue weighted by Crippen LogP contribution is 2.41. The van der Waals surface area contributed by atoms with Gasteiger partial charge in [-0.15, -0.1) is 0 Å². The van der Waals surface area contributed by atoms with Crippen molar-refractivity contribution >= 4 is 0 Å². The van der Waals surface area contributed by atoms with Gasteiger partial charge in [-0.1, -0.05) is 39.0 Å². The molecule has 164 valence electrons. The lowest BCUT2D eigenvalue weighted by Gasteiger charge is -2.28. The molecule has 3 rings (SSSR count). The minimum absolute atomic E-state index is 0.299. The minimum atomic E-state index is -0.842. The molecule has 0 radical (unpaired) electrons. The van der Waals surface area contributed by atoms with Crippen LogP contribution in [0.4, 0.5) is 4.39 Å². The predicted octanol–water partition coefficient (Wildman–Crippen LogP) is 5.56. The highest BCUT2D eigenvalue weighted by molar-refractivity contribution is 5.70. The van der Waals surface area contributed by atoms with Crippen LogP contribution in [-0.2, 0) is 6.61 Å². The second-order valence-corrected chi connectivity index (χ2v) is 8.36. The Balaban J connectivity index is 1.96. The molecule has 3 aromatic rings. The molecule has 0 saturated carbocycles. The van der Waals surface area contributed by atoms with Crippen LogP contribution in [0.5, 0.6) is 17.4 Å². The summed E-state index contributed by atoms with van der Waals surface area (Å²) in [6.07, 6.45) is 0.278. The van der Waals surface area contributed by atoms with Gasteiger partial charge in [0.15, 0.2) is 0 Å². The summed E-state index contributed by atoms with van der Waals surface area (Å²) in [4.78, 5) is 3.91. The number of ether oxygens (including phenoxy) is 3. The number of hydrogen-bond donors (Lipinski definition) is 1. The van der Waals surface area contributed by atoms with Crippen LogP contribution in [0, 0.1) is 11.2 Å². The van der Waals surface area contributed by atoms with Gasteiger partial charge in [-0.3, -0.25) is 0 Å². The molecule has 5 nitrogen and oxygen atoms in total. The monoisotopic (exact) mass is 425 g/mol. The molecule has 0 bridgehead atoms. The van der Waals surface area contributed by atoms with Crippen molar-refractivity contribution in [1.29, 1.82) is 0 Å². The molecule has 1 atom stereocenters. The summed E-state index contributed by atoms with van der Waals surface area (Å²) in [7, 11) is 3.10. The second kappa shape index (κ2) is 9.35. The second-order valence-electron chi connectivity index (χ2n) is 8.36. The Hall–Kier alpha value is -3.12. The number of rotatable bonds is 7. The van der Waals surface area contributed by atoms with Gasteiger partial charge < -0.3 is 19.3 Å². The number of aliphatic hydroxyl groups is 1. The smallest absolute Gasteiger partial charge is 0.213 e. The third-order valence-corrected chi connectivity index (χ3v) is 5.03. The first kappa shape index (κ1) is 22.6. The molecule has 0 fully saturated rings. The molecule has 0 aliphatic heterocycles. The lowest BCUT2D eigenvalue weighted by Crippen LogP contribution is -2.19. The molecule has 0 saturated heterocycles. The fourth-order valence-electron chi connectivity index (χ4n) is 3.19. The van der Waals surface area contributed by atoms with Crippen molar-refractivity contribution in [3.63, 3.8) is 0 Å². The highest BCUT2D eigenvalue weighted by atomic mass is 19.1. The lowest BCUT2D eigenvalue weighted by molar-refractivity contribution is 0.0629. The van der Waals surface area contributed by atoms with Gasteiger partial charge >= 0.3 is 0 Å². The Morgan fingerprint density at radius 2 is 1.61 bits per heavy atom. The van der Waals surface area contributed by atoms with Gasteiger partial charge in [0.25, 0.3) is 0 Å². The Labute approximate surface area is 182 Å². The van der Waals surface area contributed by atoms with Crippen LogP contribution in [0.3, 0.4) is 0 Å². The van der Waals surface area contributed by atoms with Gasteiger partial charge in [-0.05, 0) is 46.4 Å². The molecular formula is C25H28FNO4. The first-order valence-electron chi connectivity index (χ1n) is 10.0. The Kier molecular flexibility index (Phi) is 6.81. The number of methoxy groups -OCH3 is 2. The molecular weight excluding hydrogens is 397 g/mol. The number of aromatic nitrogens is 1. The van der Waals surface area contributed by atoms with Gasteiger partial charge in [0.05, 0.1) is 26.5 Å². The van der Waals surface area contributed by atoms with Crippen molar-refractivity contribution in [2.24, 2.45) is 5.41 Å². The van der Waals surface area contributed by atoms with E-state index >= 15 is 0 Å². The average Bonchev–Trinajstić information content (AvgIpc) is 2.77. The maximum absolute atomic E-state index is 14.6. The molecule has 0 aliphatic rings. The molecule has 1 heterocycles. The number of nitrogens with zero attached hydrogens (tertiary/aromatic N) is 1. The molecule has 31 heavy (non-hydrogen) atoms. The van der Waals surface area contributed by atoms with E-state index in [0.717, 1.165) is 17.5 Å². The molecule has 2 aromatic carbocycles. The number of aliphatic hydroxyl groups excluding tert-OH is 1. The van der Waals surface area contributed by atoms with Crippen LogP contribution < -0.4 is 14.2 Å². The quantitative estimate of drug-likeness (QED) is 0.537. The van der Waals surface area contributed by atoms with Gasteiger partial charge in [0.1, 0.15) is 23.9 Å². The molecule has 0 amide bonds. The van der Waals surface area contributed by atoms with Gasteiger partial charge in [-0.2, -0.15) is 0 Å². The summed E-state index contributed by atoms with van der Waals surface area (Å²) in [6, 6.07) is 14.4. The summed E-state index contributed by atoms with van der Waals surface area (Å²) in [5.74, 6) is 1.17. The van der Waals surface area contributed by atoms with Gasteiger partial charge in [0.2, 0.25) is 5.88 Å². The largest absolute Gasteiger partial charge is 0.497 e. The molecule has 6 heteroatoms. The van der Waals surface area contributed by atoms with Crippen LogP contribution in [0.1, 0.15) is 38.0 Å². The SMILES string of the molecule is COc1ccc(COc2ccc(-c3cc(OC)ncc3F)c(C(O)C(C)(C)C)c2)cc1. The number of benzene rings is 2. The van der Waals surface area contributed by atoms with E-state index in [9.17, 15) is 9.50 Å². The van der Waals surface area contributed by atoms with Crippen molar-refractivity contribution in [3.05, 3.63) is 71.7 Å². The van der Waals surface area contributed by atoms with Crippen LogP contribution >= 0.6 is 0 Å². The third-order valence-electron chi connectivity index (χ3n) is 5.03. The summed E-state index contributed by atoms with van der Waals surface area (Å²) >= 11 is 0. The van der Waals surface area contributed by atoms with E-state index in [2.05, 4.69) is 4.98 Å². The first-order chi connectivity index (χ1) is 14.7. The topological polar surface area (TPSA) is 60.8 Å². The summed E-state index contributed by atoms with van der Waals surface area (Å²) in [6.45, 7) is 6.13. The van der Waals surface area contributed by atoms with Crippen LogP contribution in [0.25, 0.3) is 11.1 Å². The van der Waals surface area contributed by atoms with Crippen molar-refractivity contribution in [1.82, 2.24) is 4.98 Å². The van der Waals surface area contributed by atoms with Crippen LogP contribution in [0.15, 0.2) is 54.7 Å². The average molecular weight is 426 g/mol. The normalized spacial score (nSPS) is 12.4. The third kappa shape index (κ3) is 5.33. The molecule has 1 aromatic heterocycles. The van der Waals surface area contributed by atoms with E-state index < -0.39 is 17.3 Å². The maximum Gasteiger partial charge on any atom is 0.213 e. The first-order valence-corrected chi connectivity index (χ1v) is 10.0. The zero-order valence-corrected chi connectivity index (χ0v) is 18.5. The fraction of sp³-hybridized carbons (Fsp3) is 0.320. The van der Waals surface area contributed by atoms with Crippen molar-refractivity contribution in [2.45, 2.75) is 33.5 Å². The summed E-state index contributed by atoms with van der Waals surface area (Å²) in [5.41, 5.74) is 1.97. The fourth-order valence-corrected chi connectivity index (χ4v) is 3.19. The number of pyridine rings is 1. The van der Waals surface area contributed by atoms with Crippen molar-refractivity contribution in [3.8, 4) is 28.5 Å². The van der Waals surface area contributed by atoms with Crippen LogP contribution in [-0.4, -0.2) is 24.3 Å². The zero-order valence-electron chi connectivity index (χ0n) is 18.5. The molecule has 1 unspecified atom stereocenters.